The highest BCUT2D eigenvalue weighted by atomic mass is 35.5. The second-order valence-corrected chi connectivity index (χ2v) is 14.3. The lowest BCUT2D eigenvalue weighted by molar-refractivity contribution is -0.710. The summed E-state index contributed by atoms with van der Waals surface area (Å²) in [6.07, 6.45) is 2.01. The number of benzene rings is 1. The van der Waals surface area contributed by atoms with Crippen LogP contribution in [0.25, 0.3) is 0 Å². The number of amides is 2. The molecule has 10 nitrogen and oxygen atoms in total. The molecule has 0 bridgehead atoms. The predicted octanol–water partition coefficient (Wildman–Crippen LogP) is 3.38. The quantitative estimate of drug-likeness (QED) is 0.150. The maximum Gasteiger partial charge on any atom is 0.352 e. The minimum absolute atomic E-state index is 0.0134. The fourth-order valence-corrected chi connectivity index (χ4v) is 8.12. The molecule has 1 aromatic heterocycles. The summed E-state index contributed by atoms with van der Waals surface area (Å²) in [5.41, 5.74) is -0.357. The number of aromatic nitrogens is 1. The van der Waals surface area contributed by atoms with Gasteiger partial charge in [-0.1, -0.05) is 37.0 Å². The summed E-state index contributed by atoms with van der Waals surface area (Å²) in [4.78, 5) is 51.6. The van der Waals surface area contributed by atoms with E-state index < -0.39 is 40.8 Å². The highest BCUT2D eigenvalue weighted by Gasteiger charge is 2.54. The molecule has 4 rings (SSSR count). The molecule has 2 amide bonds. The van der Waals surface area contributed by atoms with Crippen LogP contribution in [0.2, 0.25) is 10.0 Å². The van der Waals surface area contributed by atoms with Crippen molar-refractivity contribution >= 4 is 82.2 Å². The van der Waals surface area contributed by atoms with Gasteiger partial charge in [0.1, 0.15) is 17.1 Å². The van der Waals surface area contributed by atoms with Crippen LogP contribution in [-0.2, 0) is 25.7 Å². The Bertz CT molecular complexity index is 1440. The molecule has 2 aromatic rings. The van der Waals surface area contributed by atoms with Crippen molar-refractivity contribution in [2.24, 2.45) is 5.41 Å². The third kappa shape index (κ3) is 7.37. The molecule has 0 spiro atoms. The molecule has 3 atom stereocenters. The molecule has 2 aliphatic rings. The van der Waals surface area contributed by atoms with Gasteiger partial charge in [-0.25, -0.2) is 14.2 Å². The number of aliphatic hydroxyl groups excluding tert-OH is 1. The van der Waals surface area contributed by atoms with Crippen molar-refractivity contribution in [3.63, 3.8) is 0 Å². The Labute approximate surface area is 264 Å². The van der Waals surface area contributed by atoms with E-state index in [4.69, 9.17) is 28.3 Å². The molecule has 0 unspecified atom stereocenters. The number of carboxylic acids is 2. The second kappa shape index (κ2) is 13.5. The molecule has 0 saturated carbocycles. The Morgan fingerprint density at radius 1 is 1.17 bits per heavy atom. The number of thioether (sulfide) groups is 3. The van der Waals surface area contributed by atoms with Gasteiger partial charge in [0.25, 0.3) is 5.91 Å². The van der Waals surface area contributed by atoms with Gasteiger partial charge in [-0.3, -0.25) is 14.5 Å². The lowest BCUT2D eigenvalue weighted by Crippen LogP contribution is -2.70. The largest absolute Gasteiger partial charge is 0.479 e. The molecule has 3 heterocycles. The van der Waals surface area contributed by atoms with Crippen LogP contribution < -0.4 is 9.88 Å². The molecule has 15 heteroatoms. The molecule has 1 saturated heterocycles. The van der Waals surface area contributed by atoms with E-state index in [2.05, 4.69) is 5.32 Å². The summed E-state index contributed by atoms with van der Waals surface area (Å²) in [6, 6.07) is 7.75. The van der Waals surface area contributed by atoms with Crippen LogP contribution in [-0.4, -0.2) is 78.8 Å². The number of aliphatic hydroxyl groups is 1. The molecular formula is C27H28Cl2N3O7S3+. The van der Waals surface area contributed by atoms with E-state index in [0.29, 0.717) is 32.0 Å². The number of nitrogens with one attached hydrogen (secondary N) is 1. The number of β-lactam (4-membered cyclic amide) rings is 1. The zero-order valence-electron chi connectivity index (χ0n) is 22.5. The van der Waals surface area contributed by atoms with Gasteiger partial charge in [0.15, 0.2) is 25.0 Å². The van der Waals surface area contributed by atoms with E-state index >= 15 is 0 Å². The predicted molar refractivity (Wildman–Crippen MR) is 162 cm³/mol. The molecule has 4 N–H and O–H groups in total. The van der Waals surface area contributed by atoms with Gasteiger partial charge in [0.05, 0.1) is 16.2 Å². The zero-order valence-corrected chi connectivity index (χ0v) is 26.4. The minimum Gasteiger partial charge on any atom is -0.479 e. The van der Waals surface area contributed by atoms with Crippen LogP contribution in [0.3, 0.4) is 0 Å². The molecule has 1 aromatic carbocycles. The van der Waals surface area contributed by atoms with Crippen LogP contribution >= 0.6 is 58.5 Å². The molecule has 224 valence electrons. The summed E-state index contributed by atoms with van der Waals surface area (Å²) >= 11 is 16.1. The molecular weight excluding hydrogens is 645 g/mol. The van der Waals surface area contributed by atoms with Crippen LogP contribution in [0, 0.1) is 5.41 Å². The van der Waals surface area contributed by atoms with E-state index in [1.54, 1.807) is 49.0 Å². The van der Waals surface area contributed by atoms with E-state index in [-0.39, 0.29) is 23.9 Å². The van der Waals surface area contributed by atoms with E-state index in [9.17, 15) is 29.4 Å². The summed E-state index contributed by atoms with van der Waals surface area (Å²) in [7, 11) is 0. The first-order valence-electron chi connectivity index (χ1n) is 12.6. The van der Waals surface area contributed by atoms with Crippen LogP contribution in [0.4, 0.5) is 0 Å². The van der Waals surface area contributed by atoms with Crippen molar-refractivity contribution < 1.29 is 39.1 Å². The van der Waals surface area contributed by atoms with Crippen molar-refractivity contribution in [1.29, 1.82) is 0 Å². The zero-order chi connectivity index (χ0) is 30.8. The maximum atomic E-state index is 13.0. The number of carbonyl (C=O) groups is 4. The first-order chi connectivity index (χ1) is 19.8. The Hall–Kier alpha value is -2.42. The average molecular weight is 674 g/mol. The van der Waals surface area contributed by atoms with Crippen LogP contribution in [0.15, 0.2) is 63.8 Å². The highest BCUT2D eigenvalue weighted by Crippen LogP contribution is 2.41. The molecule has 1 fully saturated rings. The first kappa shape index (κ1) is 32.5. The Balaban J connectivity index is 1.35. The average Bonchev–Trinajstić information content (AvgIpc) is 2.94. The molecule has 2 aliphatic heterocycles. The van der Waals surface area contributed by atoms with Gasteiger partial charge in [0.2, 0.25) is 5.91 Å². The SMILES string of the molecule is CC(C)(C[n+]1ccc(SCC2=C(C(=O)O)N3C(=O)[C@@H](NC(=O)CSc4cc(Cl)ccc4Cl)[C@H]3SC2)cc1)[C@H](O)C(=O)O. The van der Waals surface area contributed by atoms with Crippen LogP contribution in [0.5, 0.6) is 0 Å². The number of hydrogen-bond donors (Lipinski definition) is 4. The number of rotatable bonds is 12. The second-order valence-electron chi connectivity index (χ2n) is 10.3. The number of carboxylic acid groups (broad SMARTS) is 2. The third-order valence-corrected chi connectivity index (χ3v) is 10.8. The maximum absolute atomic E-state index is 13.0. The monoisotopic (exact) mass is 672 g/mol. The summed E-state index contributed by atoms with van der Waals surface area (Å²) in [5.74, 6) is -2.60. The van der Waals surface area contributed by atoms with E-state index in [1.807, 2.05) is 12.1 Å². The van der Waals surface area contributed by atoms with Crippen molar-refractivity contribution in [1.82, 2.24) is 10.2 Å². The fourth-order valence-electron chi connectivity index (χ4n) is 4.45. The number of fused-ring (bicyclic) bond motifs is 1. The number of pyridine rings is 1. The van der Waals surface area contributed by atoms with Gasteiger partial charge >= 0.3 is 11.9 Å². The third-order valence-electron chi connectivity index (χ3n) is 6.66. The van der Waals surface area contributed by atoms with Gasteiger partial charge < -0.3 is 20.6 Å². The molecule has 0 aliphatic carbocycles. The van der Waals surface area contributed by atoms with Crippen molar-refractivity contribution in [2.45, 2.75) is 47.7 Å². The van der Waals surface area contributed by atoms with Crippen LogP contribution in [0.1, 0.15) is 13.8 Å². The number of nitrogens with zero attached hydrogens (tertiary/aromatic N) is 2. The normalized spacial score (nSPS) is 19.2. The fraction of sp³-hybridized carbons (Fsp3) is 0.370. The van der Waals surface area contributed by atoms with Crippen molar-refractivity contribution in [3.05, 3.63) is 64.0 Å². The summed E-state index contributed by atoms with van der Waals surface area (Å²) < 4.78 is 1.77. The Kier molecular flexibility index (Phi) is 10.4. The van der Waals surface area contributed by atoms with E-state index in [0.717, 1.165) is 4.90 Å². The molecule has 0 radical (unpaired) electrons. The number of hydrogen-bond acceptors (Lipinski definition) is 8. The minimum atomic E-state index is -1.52. The first-order valence-corrected chi connectivity index (χ1v) is 16.4. The lowest BCUT2D eigenvalue weighted by atomic mass is 9.86. The molecule has 42 heavy (non-hydrogen) atoms. The number of aliphatic carboxylic acids is 2. The smallest absolute Gasteiger partial charge is 0.352 e. The van der Waals surface area contributed by atoms with Gasteiger partial charge in [0, 0.05) is 38.5 Å². The summed E-state index contributed by atoms with van der Waals surface area (Å²) in [5, 5.41) is 32.2. The lowest BCUT2D eigenvalue weighted by Gasteiger charge is -2.49. The Morgan fingerprint density at radius 2 is 1.86 bits per heavy atom. The highest BCUT2D eigenvalue weighted by molar-refractivity contribution is 8.01. The Morgan fingerprint density at radius 3 is 2.50 bits per heavy atom. The van der Waals surface area contributed by atoms with Gasteiger partial charge in [-0.05, 0) is 23.8 Å². The summed E-state index contributed by atoms with van der Waals surface area (Å²) in [6.45, 7) is 3.61. The van der Waals surface area contributed by atoms with Crippen molar-refractivity contribution in [2.75, 3.05) is 17.3 Å². The van der Waals surface area contributed by atoms with Gasteiger partial charge in [-0.15, -0.1) is 35.3 Å². The number of carbonyl (C=O) groups excluding carboxylic acids is 2. The standard InChI is InChI=1S/C27H27Cl2N3O7S3/c1-27(2,22(34)26(38)39)13-31-7-5-16(6-8-31)40-10-14-11-42-24-20(23(35)32(24)21(14)25(36)37)30-19(33)12-41-18-9-15(28)3-4-17(18)29/h3-9,20,22,24,34H,10-13H2,1-2H3,(H2-,30,33,36,37,38,39)/p+1/t20-,22-,24-/m1/s1. The van der Waals surface area contributed by atoms with E-state index in [1.165, 1.54) is 40.2 Å². The topological polar surface area (TPSA) is 148 Å². The van der Waals surface area contributed by atoms with Crippen molar-refractivity contribution in [3.8, 4) is 0 Å². The van der Waals surface area contributed by atoms with Gasteiger partial charge in [-0.2, -0.15) is 0 Å². The number of halogens is 2.